The van der Waals surface area contributed by atoms with Crippen LogP contribution >= 0.6 is 12.4 Å². The van der Waals surface area contributed by atoms with E-state index in [4.69, 9.17) is 19.9 Å². The summed E-state index contributed by atoms with van der Waals surface area (Å²) in [6, 6.07) is 10.1. The second-order valence-electron chi connectivity index (χ2n) is 13.9. The number of halogens is 3. The van der Waals surface area contributed by atoms with Gasteiger partial charge in [-0.3, -0.25) is 14.4 Å². The number of Topliss-reactive ketones (excluding diaryl/α,β-unsaturated/α-hetero) is 1. The first-order chi connectivity index (χ1) is 23.8. The molecule has 0 amide bonds. The number of hydrogen-bond acceptors (Lipinski definition) is 9. The van der Waals surface area contributed by atoms with Gasteiger partial charge < -0.3 is 25.1 Å². The predicted molar refractivity (Wildman–Crippen MR) is 200 cm³/mol. The molecule has 6 atom stereocenters. The molecule has 0 aliphatic carbocycles. The monoisotopic (exact) mass is 748 g/mol. The minimum absolute atomic E-state index is 0. The van der Waals surface area contributed by atoms with Crippen LogP contribution in [0.1, 0.15) is 106 Å². The van der Waals surface area contributed by atoms with Crippen LogP contribution in [0.5, 0.6) is 11.5 Å². The molecule has 1 heterocycles. The van der Waals surface area contributed by atoms with Gasteiger partial charge in [0.25, 0.3) is 0 Å². The number of nitrogens with zero attached hydrogens (tertiary/aromatic N) is 1. The van der Waals surface area contributed by atoms with Gasteiger partial charge in [0.2, 0.25) is 0 Å². The Labute approximate surface area is 313 Å². The second-order valence-corrected chi connectivity index (χ2v) is 13.9. The Morgan fingerprint density at radius 3 is 1.60 bits per heavy atom. The van der Waals surface area contributed by atoms with Gasteiger partial charge in [0.1, 0.15) is 29.9 Å². The summed E-state index contributed by atoms with van der Waals surface area (Å²) in [7, 11) is 1.37. The van der Waals surface area contributed by atoms with Gasteiger partial charge in [-0.2, -0.15) is 0 Å². The lowest BCUT2D eigenvalue weighted by Crippen LogP contribution is -2.34. The van der Waals surface area contributed by atoms with Crippen molar-refractivity contribution in [3.8, 4) is 11.5 Å². The van der Waals surface area contributed by atoms with E-state index in [1.165, 1.54) is 43.6 Å². The van der Waals surface area contributed by atoms with Gasteiger partial charge >= 0.3 is 11.9 Å². The number of ketones is 1. The summed E-state index contributed by atoms with van der Waals surface area (Å²) < 4.78 is 42.8. The molecule has 2 aromatic carbocycles. The zero-order valence-electron chi connectivity index (χ0n) is 32.0. The van der Waals surface area contributed by atoms with Crippen LogP contribution in [0.4, 0.5) is 8.78 Å². The third kappa shape index (κ3) is 12.5. The van der Waals surface area contributed by atoms with E-state index in [1.54, 1.807) is 32.9 Å². The quantitative estimate of drug-likeness (QED) is 0.123. The van der Waals surface area contributed by atoms with E-state index >= 15 is 0 Å². The van der Waals surface area contributed by atoms with E-state index < -0.39 is 35.8 Å². The number of carbonyl (C=O) groups is 3. The fourth-order valence-electron chi connectivity index (χ4n) is 6.33. The number of ether oxygens (including phenoxy) is 3. The van der Waals surface area contributed by atoms with E-state index in [2.05, 4.69) is 18.8 Å². The maximum atomic E-state index is 13.5. The van der Waals surface area contributed by atoms with Gasteiger partial charge in [-0.25, -0.2) is 13.8 Å². The highest BCUT2D eigenvalue weighted by Crippen LogP contribution is 2.34. The Balaban J connectivity index is 0.000000559. The van der Waals surface area contributed by atoms with Crippen LogP contribution in [0.15, 0.2) is 48.7 Å². The lowest BCUT2D eigenvalue weighted by atomic mass is 9.82. The number of rotatable bonds is 14. The van der Waals surface area contributed by atoms with Crippen molar-refractivity contribution in [2.45, 2.75) is 106 Å². The number of nitrogens with two attached hydrogens (primary N) is 1. The smallest absolute Gasteiger partial charge is 0.322 e. The molecule has 52 heavy (non-hydrogen) atoms. The summed E-state index contributed by atoms with van der Waals surface area (Å²) in [6.45, 7) is 18.7. The topological polar surface area (TPSA) is 138 Å². The predicted octanol–water partition coefficient (Wildman–Crippen LogP) is 8.40. The fourth-order valence-corrected chi connectivity index (χ4v) is 6.33. The number of methoxy groups -OCH3 is 1. The first-order valence-corrected chi connectivity index (χ1v) is 17.2. The number of hydrogen-bond donors (Lipinski definition) is 2. The molecule has 0 aliphatic rings. The Bertz CT molecular complexity index is 1650. The molecular weight excluding hydrogens is 694 g/mol. The Kier molecular flexibility index (Phi) is 18.4. The average Bonchev–Trinajstić information content (AvgIpc) is 3.03. The summed E-state index contributed by atoms with van der Waals surface area (Å²) in [4.78, 5) is 40.8. The first kappa shape index (κ1) is 45.9. The molecular formula is C40H55ClF2N2O7. The van der Waals surface area contributed by atoms with Crippen molar-refractivity contribution >= 4 is 30.1 Å². The van der Waals surface area contributed by atoms with Crippen LogP contribution in [0, 0.1) is 43.2 Å². The summed E-state index contributed by atoms with van der Waals surface area (Å²) in [5, 5.41) is 10.1. The molecule has 0 fully saturated rings. The third-order valence-corrected chi connectivity index (χ3v) is 8.87. The highest BCUT2D eigenvalue weighted by atomic mass is 35.5. The van der Waals surface area contributed by atoms with Crippen LogP contribution in [-0.2, 0) is 19.1 Å². The highest BCUT2D eigenvalue weighted by Gasteiger charge is 2.31. The van der Waals surface area contributed by atoms with Crippen molar-refractivity contribution < 1.29 is 42.5 Å². The number of aromatic nitrogens is 1. The molecule has 0 bridgehead atoms. The normalized spacial score (nSPS) is 14.5. The SMILES string of the molecule is COc1ccnc(C(=O)C[C@@H](C)C(=O)O[C@@H](C)[C@H](c2ccc(F)cc2C)C(C)C)c1O.Cc1cc(F)ccc1[C@H](C(C)C)[C@H](C)OC(=O)[C@H](C)N.Cl. The fraction of sp³-hybridized carbons (Fsp3) is 0.500. The Morgan fingerprint density at radius 2 is 1.21 bits per heavy atom. The third-order valence-electron chi connectivity index (χ3n) is 8.87. The van der Waals surface area contributed by atoms with Crippen LogP contribution in [0.3, 0.4) is 0 Å². The van der Waals surface area contributed by atoms with Crippen molar-refractivity contribution in [2.75, 3.05) is 7.11 Å². The molecule has 1 aromatic heterocycles. The summed E-state index contributed by atoms with van der Waals surface area (Å²) in [5.74, 6) is -2.65. The van der Waals surface area contributed by atoms with E-state index in [-0.39, 0.29) is 77.4 Å². The second kappa shape index (κ2) is 20.8. The minimum atomic E-state index is -0.732. The maximum absolute atomic E-state index is 13.5. The summed E-state index contributed by atoms with van der Waals surface area (Å²) in [5.41, 5.74) is 8.97. The van der Waals surface area contributed by atoms with Crippen molar-refractivity contribution in [3.63, 3.8) is 0 Å². The van der Waals surface area contributed by atoms with Crippen LogP contribution in [0.25, 0.3) is 0 Å². The molecule has 288 valence electrons. The zero-order valence-corrected chi connectivity index (χ0v) is 32.8. The van der Waals surface area contributed by atoms with Gasteiger partial charge in [-0.1, -0.05) is 46.8 Å². The van der Waals surface area contributed by atoms with Crippen LogP contribution in [-0.4, -0.2) is 53.2 Å². The summed E-state index contributed by atoms with van der Waals surface area (Å²) in [6.07, 6.45) is 0.409. The van der Waals surface area contributed by atoms with Crippen molar-refractivity contribution in [1.82, 2.24) is 4.98 Å². The lowest BCUT2D eigenvalue weighted by molar-refractivity contribution is -0.154. The van der Waals surface area contributed by atoms with E-state index in [9.17, 15) is 28.3 Å². The number of benzene rings is 2. The van der Waals surface area contributed by atoms with Crippen molar-refractivity contribution in [3.05, 3.63) is 88.2 Å². The standard InChI is InChI=1S/C24H30FNO5.C16H24FNO2.ClH/c1-13(2)21(18-8-7-17(25)11-14(18)3)16(5)31-24(29)15(4)12-19(27)22-23(28)20(30-6)9-10-26-22;1-9(2)15(12(5)20-16(19)11(4)18)14-7-6-13(17)8-10(14)3;/h7-11,13,15-16,21,28H,12H2,1-6H3;6-9,11-12,15H,18H2,1-5H3;1H/t15-,16+,21-;11-,12-,15+;/m10./s1. The molecule has 0 unspecified atom stereocenters. The molecule has 3 aromatic rings. The van der Waals surface area contributed by atoms with E-state index in [0.29, 0.717) is 0 Å². The number of carbonyl (C=O) groups excluding carboxylic acids is 3. The molecule has 0 radical (unpaired) electrons. The Morgan fingerprint density at radius 1 is 0.769 bits per heavy atom. The van der Waals surface area contributed by atoms with Gasteiger partial charge in [-0.05, 0) is 93.0 Å². The molecule has 3 N–H and O–H groups in total. The largest absolute Gasteiger partial charge is 0.503 e. The van der Waals surface area contributed by atoms with Gasteiger partial charge in [-0.15, -0.1) is 12.4 Å². The number of pyridine rings is 1. The number of aromatic hydroxyl groups is 1. The molecule has 12 heteroatoms. The average molecular weight is 749 g/mol. The lowest BCUT2D eigenvalue weighted by Gasteiger charge is -2.30. The first-order valence-electron chi connectivity index (χ1n) is 17.2. The van der Waals surface area contributed by atoms with Crippen molar-refractivity contribution in [1.29, 1.82) is 0 Å². The van der Waals surface area contributed by atoms with Crippen molar-refractivity contribution in [2.24, 2.45) is 23.5 Å². The molecule has 3 rings (SSSR count). The molecule has 0 saturated heterocycles. The van der Waals surface area contributed by atoms with Gasteiger partial charge in [0.15, 0.2) is 23.0 Å². The van der Waals surface area contributed by atoms with E-state index in [1.807, 2.05) is 34.6 Å². The van der Waals surface area contributed by atoms with Gasteiger partial charge in [0, 0.05) is 30.5 Å². The number of esters is 2. The summed E-state index contributed by atoms with van der Waals surface area (Å²) >= 11 is 0. The van der Waals surface area contributed by atoms with Crippen LogP contribution in [0.2, 0.25) is 0 Å². The van der Waals surface area contributed by atoms with Crippen LogP contribution < -0.4 is 10.5 Å². The minimum Gasteiger partial charge on any atom is -0.503 e. The highest BCUT2D eigenvalue weighted by molar-refractivity contribution is 5.99. The Hall–Kier alpha value is -4.09. The zero-order chi connectivity index (χ0) is 38.7. The van der Waals surface area contributed by atoms with Gasteiger partial charge in [0.05, 0.1) is 13.0 Å². The van der Waals surface area contributed by atoms with E-state index in [0.717, 1.165) is 22.3 Å². The molecule has 0 saturated carbocycles. The molecule has 0 aliphatic heterocycles. The maximum Gasteiger partial charge on any atom is 0.322 e. The molecule has 0 spiro atoms. The number of aryl methyl sites for hydroxylation is 2. The molecule has 9 nitrogen and oxygen atoms in total.